The predicted octanol–water partition coefficient (Wildman–Crippen LogP) is 3.42. The number of carbonyl (C=O) groups excluding carboxylic acids is 2. The van der Waals surface area contributed by atoms with Crippen LogP contribution in [-0.4, -0.2) is 39.7 Å². The molecule has 0 bridgehead atoms. The first kappa shape index (κ1) is 20.8. The zero-order chi connectivity index (χ0) is 21.0. The van der Waals surface area contributed by atoms with Gasteiger partial charge in [-0.05, 0) is 42.3 Å². The van der Waals surface area contributed by atoms with Crippen molar-refractivity contribution in [2.75, 3.05) is 32.8 Å². The first-order chi connectivity index (χ1) is 14.0. The molecule has 2 amide bonds. The van der Waals surface area contributed by atoms with Gasteiger partial charge in [-0.3, -0.25) is 9.59 Å². The van der Waals surface area contributed by atoms with E-state index >= 15 is 0 Å². The van der Waals surface area contributed by atoms with Crippen LogP contribution in [0.3, 0.4) is 0 Å². The molecular formula is C21H23ClN2O5. The van der Waals surface area contributed by atoms with Gasteiger partial charge in [0.15, 0.2) is 11.5 Å². The van der Waals surface area contributed by atoms with E-state index in [2.05, 4.69) is 5.32 Å². The summed E-state index contributed by atoms with van der Waals surface area (Å²) in [5.74, 6) is 1.25. The third-order valence-corrected chi connectivity index (χ3v) is 5.07. The molecule has 1 fully saturated rings. The number of nitrogens with one attached hydrogen (secondary N) is 1. The number of methoxy groups -OCH3 is 3. The van der Waals surface area contributed by atoms with Gasteiger partial charge >= 0.3 is 0 Å². The van der Waals surface area contributed by atoms with E-state index in [1.165, 1.54) is 21.3 Å². The highest BCUT2D eigenvalue weighted by molar-refractivity contribution is 6.34. The molecule has 1 aliphatic rings. The highest BCUT2D eigenvalue weighted by atomic mass is 35.5. The molecular weight excluding hydrogens is 396 g/mol. The van der Waals surface area contributed by atoms with Gasteiger partial charge in [0.2, 0.25) is 11.7 Å². The summed E-state index contributed by atoms with van der Waals surface area (Å²) in [7, 11) is 4.61. The molecule has 0 saturated carbocycles. The minimum Gasteiger partial charge on any atom is -0.493 e. The van der Waals surface area contributed by atoms with Crippen LogP contribution < -0.4 is 24.4 Å². The Morgan fingerprint density at radius 2 is 1.79 bits per heavy atom. The predicted molar refractivity (Wildman–Crippen MR) is 110 cm³/mol. The summed E-state index contributed by atoms with van der Waals surface area (Å²) >= 11 is 6.25. The second-order valence-corrected chi connectivity index (χ2v) is 6.94. The number of hydrogen-bond donors (Lipinski definition) is 1. The number of benzene rings is 2. The maximum Gasteiger partial charge on any atom is 0.251 e. The van der Waals surface area contributed by atoms with Gasteiger partial charge in [-0.1, -0.05) is 11.6 Å². The van der Waals surface area contributed by atoms with Crippen LogP contribution in [0.2, 0.25) is 5.02 Å². The van der Waals surface area contributed by atoms with Crippen molar-refractivity contribution in [3.63, 3.8) is 0 Å². The Labute approximate surface area is 174 Å². The maximum atomic E-state index is 12.7. The first-order valence-corrected chi connectivity index (χ1v) is 9.53. The zero-order valence-corrected chi connectivity index (χ0v) is 17.3. The molecule has 8 heteroatoms. The lowest BCUT2D eigenvalue weighted by molar-refractivity contribution is -0.117. The standard InChI is InChI=1S/C21H23ClN2O5/c1-27-17-9-13(10-18(28-2)20(17)29-3)12-23-21(26)14-6-7-15(22)16(11-14)24-8-4-5-19(24)25/h6-7,9-11H,4-5,8,12H2,1-3H3,(H,23,26). The largest absolute Gasteiger partial charge is 0.493 e. The van der Waals surface area contributed by atoms with Crippen molar-refractivity contribution in [3.8, 4) is 17.2 Å². The van der Waals surface area contributed by atoms with E-state index in [0.29, 0.717) is 46.5 Å². The molecule has 0 unspecified atom stereocenters. The molecule has 3 rings (SSSR count). The van der Waals surface area contributed by atoms with Crippen LogP contribution in [0.5, 0.6) is 17.2 Å². The number of rotatable bonds is 7. The highest BCUT2D eigenvalue weighted by Crippen LogP contribution is 2.38. The van der Waals surface area contributed by atoms with Crippen LogP contribution in [0.25, 0.3) is 0 Å². The third kappa shape index (κ3) is 4.40. The number of nitrogens with zero attached hydrogens (tertiary/aromatic N) is 1. The molecule has 0 radical (unpaired) electrons. The summed E-state index contributed by atoms with van der Waals surface area (Å²) in [5.41, 5.74) is 1.78. The average Bonchev–Trinajstić information content (AvgIpc) is 3.16. The molecule has 2 aromatic rings. The van der Waals surface area contributed by atoms with Crippen LogP contribution in [0.15, 0.2) is 30.3 Å². The number of anilines is 1. The lowest BCUT2D eigenvalue weighted by Crippen LogP contribution is -2.26. The molecule has 1 N–H and O–H groups in total. The highest BCUT2D eigenvalue weighted by Gasteiger charge is 2.24. The number of carbonyl (C=O) groups is 2. The Kier molecular flexibility index (Phi) is 6.49. The summed E-state index contributed by atoms with van der Waals surface area (Å²) < 4.78 is 16.0. The maximum absolute atomic E-state index is 12.7. The Morgan fingerprint density at radius 1 is 1.10 bits per heavy atom. The molecule has 0 spiro atoms. The molecule has 1 aliphatic heterocycles. The van der Waals surface area contributed by atoms with Crippen LogP contribution in [0, 0.1) is 0 Å². The van der Waals surface area contributed by atoms with Crippen LogP contribution in [0.1, 0.15) is 28.8 Å². The monoisotopic (exact) mass is 418 g/mol. The SMILES string of the molecule is COc1cc(CNC(=O)c2ccc(Cl)c(N3CCCC3=O)c2)cc(OC)c1OC. The van der Waals surface area contributed by atoms with Gasteiger partial charge in [-0.15, -0.1) is 0 Å². The summed E-state index contributed by atoms with van der Waals surface area (Å²) in [6.07, 6.45) is 1.28. The molecule has 29 heavy (non-hydrogen) atoms. The molecule has 7 nitrogen and oxygen atoms in total. The second kappa shape index (κ2) is 9.05. The fourth-order valence-corrected chi connectivity index (χ4v) is 3.51. The van der Waals surface area contributed by atoms with Crippen molar-refractivity contribution < 1.29 is 23.8 Å². The molecule has 0 atom stereocenters. The summed E-state index contributed by atoms with van der Waals surface area (Å²) in [5, 5.41) is 3.31. The van der Waals surface area contributed by atoms with Crippen LogP contribution in [-0.2, 0) is 11.3 Å². The fraction of sp³-hybridized carbons (Fsp3) is 0.333. The normalized spacial score (nSPS) is 13.4. The van der Waals surface area contributed by atoms with Gasteiger partial charge in [0, 0.05) is 25.1 Å². The third-order valence-electron chi connectivity index (χ3n) is 4.75. The van der Waals surface area contributed by atoms with E-state index in [-0.39, 0.29) is 18.4 Å². The van der Waals surface area contributed by atoms with Crippen molar-refractivity contribution in [1.82, 2.24) is 5.32 Å². The first-order valence-electron chi connectivity index (χ1n) is 9.15. The topological polar surface area (TPSA) is 77.1 Å². The van der Waals surface area contributed by atoms with E-state index in [0.717, 1.165) is 12.0 Å². The zero-order valence-electron chi connectivity index (χ0n) is 16.6. The Hall–Kier alpha value is -2.93. The Bertz CT molecular complexity index is 906. The van der Waals surface area contributed by atoms with Crippen molar-refractivity contribution >= 4 is 29.1 Å². The van der Waals surface area contributed by atoms with Crippen molar-refractivity contribution in [2.24, 2.45) is 0 Å². The summed E-state index contributed by atoms with van der Waals surface area (Å²) in [6, 6.07) is 8.47. The fourth-order valence-electron chi connectivity index (χ4n) is 3.29. The lowest BCUT2D eigenvalue weighted by Gasteiger charge is -2.18. The van der Waals surface area contributed by atoms with E-state index in [1.807, 2.05) is 0 Å². The number of ether oxygens (including phenoxy) is 3. The van der Waals surface area contributed by atoms with E-state index in [9.17, 15) is 9.59 Å². The Balaban J connectivity index is 1.77. The molecule has 154 valence electrons. The van der Waals surface area contributed by atoms with Crippen molar-refractivity contribution in [1.29, 1.82) is 0 Å². The second-order valence-electron chi connectivity index (χ2n) is 6.53. The molecule has 2 aromatic carbocycles. The van der Waals surface area contributed by atoms with Gasteiger partial charge in [0.25, 0.3) is 5.91 Å². The van der Waals surface area contributed by atoms with Gasteiger partial charge in [0.1, 0.15) is 0 Å². The average molecular weight is 419 g/mol. The Morgan fingerprint density at radius 3 is 2.34 bits per heavy atom. The molecule has 0 aliphatic carbocycles. The van der Waals surface area contributed by atoms with Crippen molar-refractivity contribution in [3.05, 3.63) is 46.5 Å². The van der Waals surface area contributed by atoms with E-state index in [4.69, 9.17) is 25.8 Å². The van der Waals surface area contributed by atoms with Gasteiger partial charge < -0.3 is 24.4 Å². The van der Waals surface area contributed by atoms with Gasteiger partial charge in [-0.25, -0.2) is 0 Å². The lowest BCUT2D eigenvalue weighted by atomic mass is 10.1. The summed E-state index contributed by atoms with van der Waals surface area (Å²) in [4.78, 5) is 26.3. The molecule has 0 aromatic heterocycles. The van der Waals surface area contributed by atoms with Crippen molar-refractivity contribution in [2.45, 2.75) is 19.4 Å². The number of halogens is 1. The molecule has 1 saturated heterocycles. The van der Waals surface area contributed by atoms with Gasteiger partial charge in [0.05, 0.1) is 32.0 Å². The van der Waals surface area contributed by atoms with Crippen LogP contribution in [0.4, 0.5) is 5.69 Å². The molecule has 1 heterocycles. The smallest absolute Gasteiger partial charge is 0.251 e. The quantitative estimate of drug-likeness (QED) is 0.745. The van der Waals surface area contributed by atoms with Gasteiger partial charge in [-0.2, -0.15) is 0 Å². The van der Waals surface area contributed by atoms with E-state index < -0.39 is 0 Å². The van der Waals surface area contributed by atoms with E-state index in [1.54, 1.807) is 35.2 Å². The number of hydrogen-bond acceptors (Lipinski definition) is 5. The number of amides is 2. The minimum atomic E-state index is -0.275. The van der Waals surface area contributed by atoms with Crippen LogP contribution >= 0.6 is 11.6 Å². The summed E-state index contributed by atoms with van der Waals surface area (Å²) in [6.45, 7) is 0.866. The minimum absolute atomic E-state index is 0.0156.